The first-order valence-electron chi connectivity index (χ1n) is 7.41. The number of carbonyl (C=O) groups is 1. The van der Waals surface area contributed by atoms with E-state index in [2.05, 4.69) is 27.4 Å². The molecule has 0 spiro atoms. The van der Waals surface area contributed by atoms with Crippen LogP contribution in [0.5, 0.6) is 0 Å². The molecule has 1 unspecified atom stereocenters. The van der Waals surface area contributed by atoms with Crippen LogP contribution in [0.3, 0.4) is 0 Å². The quantitative estimate of drug-likeness (QED) is 0.859. The van der Waals surface area contributed by atoms with Crippen molar-refractivity contribution in [3.05, 3.63) is 30.1 Å². The Morgan fingerprint density at radius 2 is 2.20 bits per heavy atom. The molecule has 5 nitrogen and oxygen atoms in total. The summed E-state index contributed by atoms with van der Waals surface area (Å²) in [6, 6.07) is 3.72. The van der Waals surface area contributed by atoms with Gasteiger partial charge in [-0.05, 0) is 49.5 Å². The van der Waals surface area contributed by atoms with Crippen LogP contribution in [0.2, 0.25) is 0 Å². The summed E-state index contributed by atoms with van der Waals surface area (Å²) in [7, 11) is 0. The topological polar surface area (TPSA) is 57.3 Å². The van der Waals surface area contributed by atoms with Crippen molar-refractivity contribution in [2.45, 2.75) is 26.3 Å². The number of hydrogen-bond acceptors (Lipinski definition) is 3. The van der Waals surface area contributed by atoms with Crippen molar-refractivity contribution in [3.63, 3.8) is 0 Å². The van der Waals surface area contributed by atoms with Gasteiger partial charge >= 0.3 is 6.03 Å². The zero-order valence-corrected chi connectivity index (χ0v) is 12.1. The molecule has 1 aromatic rings. The van der Waals surface area contributed by atoms with Crippen LogP contribution in [-0.4, -0.2) is 42.1 Å². The van der Waals surface area contributed by atoms with Crippen LogP contribution >= 0.6 is 0 Å². The third kappa shape index (κ3) is 4.81. The van der Waals surface area contributed by atoms with Gasteiger partial charge in [-0.2, -0.15) is 0 Å². The Labute approximate surface area is 120 Å². The summed E-state index contributed by atoms with van der Waals surface area (Å²) in [6.07, 6.45) is 5.91. The molecule has 5 heteroatoms. The molecule has 2 amide bonds. The molecule has 1 saturated heterocycles. The first-order valence-corrected chi connectivity index (χ1v) is 7.41. The SMILES string of the molecule is CCN1CCCC(CNC(=O)NCc2ccncc2)C1. The molecule has 2 N–H and O–H groups in total. The maximum Gasteiger partial charge on any atom is 0.315 e. The summed E-state index contributed by atoms with van der Waals surface area (Å²) in [5.74, 6) is 0.579. The minimum Gasteiger partial charge on any atom is -0.338 e. The normalized spacial score (nSPS) is 19.6. The van der Waals surface area contributed by atoms with Crippen LogP contribution in [0.1, 0.15) is 25.3 Å². The maximum absolute atomic E-state index is 11.8. The lowest BCUT2D eigenvalue weighted by Crippen LogP contribution is -2.43. The number of urea groups is 1. The highest BCUT2D eigenvalue weighted by Gasteiger charge is 2.18. The van der Waals surface area contributed by atoms with Crippen LogP contribution in [0.15, 0.2) is 24.5 Å². The average Bonchev–Trinajstić information content (AvgIpc) is 2.52. The molecule has 0 saturated carbocycles. The molecule has 2 heterocycles. The smallest absolute Gasteiger partial charge is 0.315 e. The predicted molar refractivity (Wildman–Crippen MR) is 79.3 cm³/mol. The molecule has 1 aromatic heterocycles. The van der Waals surface area contributed by atoms with Crippen molar-refractivity contribution in [1.29, 1.82) is 0 Å². The molecule has 0 radical (unpaired) electrons. The standard InChI is InChI=1S/C15H24N4O/c1-2-19-9-3-4-14(12-19)11-18-15(20)17-10-13-5-7-16-8-6-13/h5-8,14H,2-4,9-12H2,1H3,(H2,17,18,20). The van der Waals surface area contributed by atoms with Crippen LogP contribution in [-0.2, 0) is 6.54 Å². The van der Waals surface area contributed by atoms with Gasteiger partial charge in [-0.25, -0.2) is 4.79 Å². The largest absolute Gasteiger partial charge is 0.338 e. The van der Waals surface area contributed by atoms with E-state index in [0.717, 1.165) is 25.2 Å². The molecule has 110 valence electrons. The van der Waals surface area contributed by atoms with Crippen molar-refractivity contribution in [3.8, 4) is 0 Å². The molecule has 0 aromatic carbocycles. The fourth-order valence-corrected chi connectivity index (χ4v) is 2.59. The molecule has 1 aliphatic heterocycles. The second kappa shape index (κ2) is 7.85. The Morgan fingerprint density at radius 3 is 2.95 bits per heavy atom. The highest BCUT2D eigenvalue weighted by Crippen LogP contribution is 2.14. The van der Waals surface area contributed by atoms with Gasteiger partial charge in [0.25, 0.3) is 0 Å². The van der Waals surface area contributed by atoms with Gasteiger partial charge in [0.1, 0.15) is 0 Å². The van der Waals surface area contributed by atoms with Gasteiger partial charge in [-0.15, -0.1) is 0 Å². The Morgan fingerprint density at radius 1 is 1.40 bits per heavy atom. The average molecular weight is 276 g/mol. The number of aromatic nitrogens is 1. The molecule has 1 fully saturated rings. The number of rotatable bonds is 5. The number of carbonyl (C=O) groups excluding carboxylic acids is 1. The molecular weight excluding hydrogens is 252 g/mol. The lowest BCUT2D eigenvalue weighted by molar-refractivity contribution is 0.179. The van der Waals surface area contributed by atoms with Gasteiger partial charge in [-0.3, -0.25) is 4.98 Å². The Hall–Kier alpha value is -1.62. The van der Waals surface area contributed by atoms with Gasteiger partial charge in [0, 0.05) is 32.0 Å². The third-order valence-electron chi connectivity index (χ3n) is 3.80. The first-order chi connectivity index (χ1) is 9.78. The van der Waals surface area contributed by atoms with E-state index in [1.807, 2.05) is 12.1 Å². The summed E-state index contributed by atoms with van der Waals surface area (Å²) in [5.41, 5.74) is 1.06. The van der Waals surface area contributed by atoms with Crippen molar-refractivity contribution in [1.82, 2.24) is 20.5 Å². The minimum atomic E-state index is -0.0876. The number of piperidine rings is 1. The van der Waals surface area contributed by atoms with E-state index in [1.54, 1.807) is 12.4 Å². The zero-order chi connectivity index (χ0) is 14.2. The summed E-state index contributed by atoms with van der Waals surface area (Å²) in [4.78, 5) is 18.2. The van der Waals surface area contributed by atoms with Gasteiger partial charge < -0.3 is 15.5 Å². The molecule has 2 rings (SSSR count). The number of hydrogen-bond donors (Lipinski definition) is 2. The second-order valence-electron chi connectivity index (χ2n) is 5.32. The fourth-order valence-electron chi connectivity index (χ4n) is 2.59. The highest BCUT2D eigenvalue weighted by atomic mass is 16.2. The molecule has 0 bridgehead atoms. The van der Waals surface area contributed by atoms with E-state index in [1.165, 1.54) is 19.4 Å². The molecular formula is C15H24N4O. The van der Waals surface area contributed by atoms with Crippen LogP contribution in [0, 0.1) is 5.92 Å². The molecule has 1 atom stereocenters. The van der Waals surface area contributed by atoms with Crippen molar-refractivity contribution >= 4 is 6.03 Å². The number of nitrogens with zero attached hydrogens (tertiary/aromatic N) is 2. The van der Waals surface area contributed by atoms with E-state index in [0.29, 0.717) is 12.5 Å². The van der Waals surface area contributed by atoms with Crippen molar-refractivity contribution < 1.29 is 4.79 Å². The van der Waals surface area contributed by atoms with Crippen LogP contribution < -0.4 is 10.6 Å². The number of pyridine rings is 1. The molecule has 0 aliphatic carbocycles. The predicted octanol–water partition coefficient (Wildman–Crippen LogP) is 1.61. The Balaban J connectivity index is 1.65. The highest BCUT2D eigenvalue weighted by molar-refractivity contribution is 5.73. The van der Waals surface area contributed by atoms with E-state index < -0.39 is 0 Å². The number of likely N-dealkylation sites (tertiary alicyclic amines) is 1. The monoisotopic (exact) mass is 276 g/mol. The van der Waals surface area contributed by atoms with Gasteiger partial charge in [0.05, 0.1) is 0 Å². The lowest BCUT2D eigenvalue weighted by Gasteiger charge is -2.31. The first kappa shape index (κ1) is 14.8. The molecule has 20 heavy (non-hydrogen) atoms. The second-order valence-corrected chi connectivity index (χ2v) is 5.32. The summed E-state index contributed by atoms with van der Waals surface area (Å²) in [6.45, 7) is 6.89. The maximum atomic E-state index is 11.8. The van der Waals surface area contributed by atoms with Gasteiger partial charge in [0.15, 0.2) is 0 Å². The summed E-state index contributed by atoms with van der Waals surface area (Å²) < 4.78 is 0. The van der Waals surface area contributed by atoms with Crippen LogP contribution in [0.25, 0.3) is 0 Å². The van der Waals surface area contributed by atoms with E-state index in [-0.39, 0.29) is 6.03 Å². The van der Waals surface area contributed by atoms with Crippen LogP contribution in [0.4, 0.5) is 4.79 Å². The van der Waals surface area contributed by atoms with E-state index in [4.69, 9.17) is 0 Å². The minimum absolute atomic E-state index is 0.0876. The van der Waals surface area contributed by atoms with E-state index in [9.17, 15) is 4.79 Å². The van der Waals surface area contributed by atoms with Gasteiger partial charge in [-0.1, -0.05) is 6.92 Å². The summed E-state index contributed by atoms with van der Waals surface area (Å²) in [5, 5.41) is 5.85. The molecule has 1 aliphatic rings. The third-order valence-corrected chi connectivity index (χ3v) is 3.80. The summed E-state index contributed by atoms with van der Waals surface area (Å²) >= 11 is 0. The zero-order valence-electron chi connectivity index (χ0n) is 12.1. The Bertz CT molecular complexity index is 410. The fraction of sp³-hybridized carbons (Fsp3) is 0.600. The van der Waals surface area contributed by atoms with E-state index >= 15 is 0 Å². The lowest BCUT2D eigenvalue weighted by atomic mass is 9.98. The number of amides is 2. The van der Waals surface area contributed by atoms with Gasteiger partial charge in [0.2, 0.25) is 0 Å². The van der Waals surface area contributed by atoms with Crippen molar-refractivity contribution in [2.75, 3.05) is 26.2 Å². The van der Waals surface area contributed by atoms with Crippen molar-refractivity contribution in [2.24, 2.45) is 5.92 Å². The number of nitrogens with one attached hydrogen (secondary N) is 2. The Kier molecular flexibility index (Phi) is 5.80.